The van der Waals surface area contributed by atoms with E-state index in [4.69, 9.17) is 20.4 Å². The summed E-state index contributed by atoms with van der Waals surface area (Å²) in [5.41, 5.74) is 0.181. The van der Waals surface area contributed by atoms with Gasteiger partial charge in [0.2, 0.25) is 5.43 Å². The Morgan fingerprint density at radius 1 is 1.09 bits per heavy atom. The number of carbonyl (C=O) groups is 3. The molecule has 184 valence electrons. The Hall–Kier alpha value is -3.20. The first kappa shape index (κ1) is 25.4. The van der Waals surface area contributed by atoms with Gasteiger partial charge in [0.05, 0.1) is 21.6 Å². The van der Waals surface area contributed by atoms with Gasteiger partial charge in [0, 0.05) is 31.6 Å². The van der Waals surface area contributed by atoms with Crippen LogP contribution in [0.2, 0.25) is 0 Å². The van der Waals surface area contributed by atoms with Gasteiger partial charge in [-0.25, -0.2) is 18.8 Å². The number of carboxylic acids is 3. The fraction of sp³-hybridized carbons (Fsp3) is 0.400. The molecule has 2 aliphatic rings. The lowest BCUT2D eigenvalue weighted by Crippen LogP contribution is -2.44. The van der Waals surface area contributed by atoms with E-state index in [2.05, 4.69) is 5.32 Å². The van der Waals surface area contributed by atoms with Crippen molar-refractivity contribution in [1.82, 2.24) is 9.88 Å². The van der Waals surface area contributed by atoms with E-state index in [1.165, 1.54) is 17.8 Å². The highest BCUT2D eigenvalue weighted by molar-refractivity contribution is 8.00. The number of nitrogens with zero attached hydrogens (tertiary/aromatic N) is 2. The summed E-state index contributed by atoms with van der Waals surface area (Å²) in [6, 6.07) is 2.87. The molecule has 0 aliphatic carbocycles. The van der Waals surface area contributed by atoms with Crippen molar-refractivity contribution in [2.75, 3.05) is 31.1 Å². The fourth-order valence-corrected chi connectivity index (χ4v) is 4.80. The van der Waals surface area contributed by atoms with Gasteiger partial charge < -0.3 is 40.3 Å². The zero-order valence-corrected chi connectivity index (χ0v) is 18.6. The van der Waals surface area contributed by atoms with Crippen molar-refractivity contribution < 1.29 is 44.3 Å². The zero-order valence-electron chi connectivity index (χ0n) is 17.8. The molecule has 14 heteroatoms. The second-order valence-electron chi connectivity index (χ2n) is 7.53. The van der Waals surface area contributed by atoms with Crippen LogP contribution in [-0.2, 0) is 9.59 Å². The van der Waals surface area contributed by atoms with Gasteiger partial charge in [-0.1, -0.05) is 11.8 Å². The number of fused-ring (bicyclic) bond motifs is 3. The largest absolute Gasteiger partial charge is 0.479 e. The van der Waals surface area contributed by atoms with Gasteiger partial charge >= 0.3 is 17.9 Å². The molecule has 0 bridgehead atoms. The molecule has 0 radical (unpaired) electrons. The molecule has 3 atom stereocenters. The molecule has 3 heterocycles. The summed E-state index contributed by atoms with van der Waals surface area (Å²) in [7, 11) is 0. The number of hydrogen-bond acceptors (Lipinski definition) is 9. The molecule has 34 heavy (non-hydrogen) atoms. The summed E-state index contributed by atoms with van der Waals surface area (Å²) in [6.45, 7) is 4.87. The van der Waals surface area contributed by atoms with Gasteiger partial charge in [0.15, 0.2) is 12.2 Å². The molecule has 0 spiro atoms. The van der Waals surface area contributed by atoms with Crippen molar-refractivity contribution in [3.05, 3.63) is 33.7 Å². The predicted octanol–water partition coefficient (Wildman–Crippen LogP) is -0.250. The quantitative estimate of drug-likeness (QED) is 0.317. The summed E-state index contributed by atoms with van der Waals surface area (Å²) in [5, 5.41) is 45.7. The molecule has 1 aromatic heterocycles. The Labute approximate surface area is 195 Å². The molecule has 2 aromatic rings. The van der Waals surface area contributed by atoms with E-state index >= 15 is 0 Å². The van der Waals surface area contributed by atoms with Crippen molar-refractivity contribution in [3.8, 4) is 0 Å². The van der Waals surface area contributed by atoms with Gasteiger partial charge in [-0.2, -0.15) is 0 Å². The Kier molecular flexibility index (Phi) is 7.45. The average molecular weight is 499 g/mol. The predicted molar refractivity (Wildman–Crippen MR) is 118 cm³/mol. The van der Waals surface area contributed by atoms with Gasteiger partial charge in [0.25, 0.3) is 0 Å². The number of carboxylic acid groups (broad SMARTS) is 3. The van der Waals surface area contributed by atoms with Crippen LogP contribution in [0.5, 0.6) is 0 Å². The lowest BCUT2D eigenvalue weighted by molar-refractivity contribution is -0.165. The van der Waals surface area contributed by atoms with Crippen LogP contribution < -0.4 is 15.6 Å². The summed E-state index contributed by atoms with van der Waals surface area (Å²) in [4.78, 5) is 45.5. The highest BCUT2D eigenvalue weighted by atomic mass is 32.2. The topological polar surface area (TPSA) is 190 Å². The Bertz CT molecular complexity index is 1190. The second kappa shape index (κ2) is 9.97. The number of aliphatic carboxylic acids is 2. The molecule has 0 unspecified atom stereocenters. The Morgan fingerprint density at radius 3 is 2.12 bits per heavy atom. The van der Waals surface area contributed by atoms with E-state index in [9.17, 15) is 28.7 Å². The monoisotopic (exact) mass is 499 g/mol. The number of benzene rings is 1. The summed E-state index contributed by atoms with van der Waals surface area (Å²) in [5.74, 6) is -5.29. The maximum absolute atomic E-state index is 14.6. The highest BCUT2D eigenvalue weighted by Crippen LogP contribution is 2.46. The number of halogens is 1. The van der Waals surface area contributed by atoms with Crippen LogP contribution in [0.4, 0.5) is 10.1 Å². The first-order valence-electron chi connectivity index (χ1n) is 10.0. The SMILES string of the molecule is C[C@@H]1Sc2c(C(=O)O)c(=O)c3cc(F)c(N4CCNCC4)cc3n21.O=C(O)[C@@H](O)[C@H](O)C(=O)O. The smallest absolute Gasteiger partial charge is 0.342 e. The number of piperazine rings is 1. The van der Waals surface area contributed by atoms with E-state index < -0.39 is 41.4 Å². The van der Waals surface area contributed by atoms with Crippen LogP contribution in [0.25, 0.3) is 10.9 Å². The first-order chi connectivity index (χ1) is 16.0. The van der Waals surface area contributed by atoms with Crippen molar-refractivity contribution in [2.24, 2.45) is 0 Å². The first-order valence-corrected chi connectivity index (χ1v) is 10.9. The molecule has 12 nitrogen and oxygen atoms in total. The maximum Gasteiger partial charge on any atom is 0.342 e. The van der Waals surface area contributed by atoms with Crippen molar-refractivity contribution >= 4 is 46.3 Å². The molecule has 0 amide bonds. The minimum atomic E-state index is -2.27. The molecule has 2 aliphatic heterocycles. The third kappa shape index (κ3) is 4.70. The number of aromatic carboxylic acids is 1. The van der Waals surface area contributed by atoms with Crippen LogP contribution >= 0.6 is 11.8 Å². The maximum atomic E-state index is 14.6. The summed E-state index contributed by atoms with van der Waals surface area (Å²) >= 11 is 1.35. The number of nitrogens with one attached hydrogen (secondary N) is 1. The zero-order chi connectivity index (χ0) is 25.3. The molecule has 4 rings (SSSR count). The van der Waals surface area contributed by atoms with Crippen LogP contribution in [0, 0.1) is 5.82 Å². The van der Waals surface area contributed by atoms with Crippen LogP contribution in [0.1, 0.15) is 22.7 Å². The van der Waals surface area contributed by atoms with Gasteiger partial charge in [0.1, 0.15) is 11.4 Å². The number of thioether (sulfide) groups is 1. The van der Waals surface area contributed by atoms with E-state index in [1.54, 1.807) is 6.07 Å². The highest BCUT2D eigenvalue weighted by Gasteiger charge is 2.33. The lowest BCUT2D eigenvalue weighted by Gasteiger charge is -2.34. The Morgan fingerprint density at radius 2 is 1.65 bits per heavy atom. The number of aliphatic hydroxyl groups is 2. The minimum Gasteiger partial charge on any atom is -0.479 e. The number of aliphatic hydroxyl groups excluding tert-OH is 2. The second-order valence-corrected chi connectivity index (χ2v) is 8.83. The van der Waals surface area contributed by atoms with Crippen LogP contribution in [0.15, 0.2) is 22.0 Å². The molecular formula is C20H22FN3O9S. The third-order valence-electron chi connectivity index (χ3n) is 5.35. The fourth-order valence-electron chi connectivity index (χ4n) is 3.64. The molecular weight excluding hydrogens is 477 g/mol. The number of pyridine rings is 1. The molecule has 1 fully saturated rings. The van der Waals surface area contributed by atoms with Gasteiger partial charge in [-0.05, 0) is 19.1 Å². The third-order valence-corrected chi connectivity index (χ3v) is 6.53. The lowest BCUT2D eigenvalue weighted by atomic mass is 10.1. The van der Waals surface area contributed by atoms with E-state index in [-0.39, 0.29) is 16.3 Å². The molecule has 1 aromatic carbocycles. The van der Waals surface area contributed by atoms with Crippen LogP contribution in [0.3, 0.4) is 0 Å². The normalized spacial score (nSPS) is 18.7. The standard InChI is InChI=1S/C16H16FN3O3S.C4H6O6/c1-8-20-11-7-12(19-4-2-18-3-5-19)10(17)6-9(11)14(21)13(16(22)23)15(20)24-8;5-1(3(7)8)2(6)4(9)10/h6-8,18H,2-5H2,1H3,(H,22,23);1-2,5-6H,(H,7,8)(H,9,10)/t8-;1-,2-/m00/s1. The summed E-state index contributed by atoms with van der Waals surface area (Å²) in [6.07, 6.45) is -4.53. The van der Waals surface area contributed by atoms with Crippen molar-refractivity contribution in [1.29, 1.82) is 0 Å². The number of hydrogen-bond donors (Lipinski definition) is 6. The minimum absolute atomic E-state index is 0.0162. The molecule has 1 saturated heterocycles. The number of anilines is 1. The Balaban J connectivity index is 0.000000277. The molecule has 0 saturated carbocycles. The number of aromatic nitrogens is 1. The van der Waals surface area contributed by atoms with Crippen molar-refractivity contribution in [3.63, 3.8) is 0 Å². The van der Waals surface area contributed by atoms with E-state index in [1.807, 2.05) is 16.4 Å². The van der Waals surface area contributed by atoms with Crippen LogP contribution in [-0.4, -0.2) is 86.4 Å². The average Bonchev–Trinajstić information content (AvgIpc) is 2.78. The summed E-state index contributed by atoms with van der Waals surface area (Å²) < 4.78 is 16.4. The van der Waals surface area contributed by atoms with Gasteiger partial charge in [-0.3, -0.25) is 4.79 Å². The van der Waals surface area contributed by atoms with E-state index in [0.29, 0.717) is 29.3 Å². The van der Waals surface area contributed by atoms with Crippen molar-refractivity contribution in [2.45, 2.75) is 29.5 Å². The van der Waals surface area contributed by atoms with E-state index in [0.717, 1.165) is 13.1 Å². The van der Waals surface area contributed by atoms with Gasteiger partial charge in [-0.15, -0.1) is 0 Å². The molecule has 6 N–H and O–H groups in total. The number of rotatable bonds is 5.